The van der Waals surface area contributed by atoms with E-state index in [-0.39, 0.29) is 36.5 Å². The predicted octanol–water partition coefficient (Wildman–Crippen LogP) is 2.85. The fourth-order valence-corrected chi connectivity index (χ4v) is 5.22. The van der Waals surface area contributed by atoms with Crippen LogP contribution in [0.1, 0.15) is 22.9 Å². The van der Waals surface area contributed by atoms with Crippen molar-refractivity contribution in [3.63, 3.8) is 0 Å². The second-order valence-corrected chi connectivity index (χ2v) is 8.52. The van der Waals surface area contributed by atoms with Crippen molar-refractivity contribution in [3.8, 4) is 0 Å². The first-order valence-electron chi connectivity index (χ1n) is 10.6. The largest absolute Gasteiger partial charge is 0.333 e. The molecule has 1 aromatic heterocycles. The van der Waals surface area contributed by atoms with Gasteiger partial charge in [0.1, 0.15) is 6.54 Å². The molecule has 2 saturated heterocycles. The van der Waals surface area contributed by atoms with Crippen LogP contribution in [0.3, 0.4) is 0 Å². The number of halogens is 1. The van der Waals surface area contributed by atoms with Crippen molar-refractivity contribution in [1.82, 2.24) is 20.0 Å². The molecule has 0 bridgehead atoms. The molecule has 6 nitrogen and oxygen atoms in total. The van der Waals surface area contributed by atoms with E-state index in [4.69, 9.17) is 0 Å². The van der Waals surface area contributed by atoms with E-state index >= 15 is 0 Å². The summed E-state index contributed by atoms with van der Waals surface area (Å²) in [6.07, 6.45) is 0. The van der Waals surface area contributed by atoms with Crippen molar-refractivity contribution in [1.29, 1.82) is 0 Å². The van der Waals surface area contributed by atoms with Gasteiger partial charge in [-0.1, -0.05) is 42.5 Å². The maximum absolute atomic E-state index is 13.4. The Morgan fingerprint density at radius 3 is 2.55 bits per heavy atom. The highest BCUT2D eigenvalue weighted by atomic mass is 35.5. The SMILES string of the molecule is Cc1ccccc1[C@@H]1[C@H]2CNC[C@H]2CN1C(=O)Cn1nc(C)c2ccccc2c1=O.Cl. The molecule has 0 radical (unpaired) electrons. The Morgan fingerprint density at radius 1 is 1.06 bits per heavy atom. The smallest absolute Gasteiger partial charge is 0.275 e. The van der Waals surface area contributed by atoms with Crippen molar-refractivity contribution in [3.05, 3.63) is 75.7 Å². The summed E-state index contributed by atoms with van der Waals surface area (Å²) < 4.78 is 1.33. The number of fused-ring (bicyclic) bond motifs is 2. The molecule has 2 aromatic carbocycles. The number of nitrogens with one attached hydrogen (secondary N) is 1. The van der Waals surface area contributed by atoms with E-state index in [1.54, 1.807) is 6.07 Å². The van der Waals surface area contributed by atoms with Crippen molar-refractivity contribution in [2.75, 3.05) is 19.6 Å². The van der Waals surface area contributed by atoms with E-state index in [1.807, 2.05) is 42.2 Å². The van der Waals surface area contributed by atoms with Gasteiger partial charge in [-0.2, -0.15) is 5.10 Å². The molecule has 5 rings (SSSR count). The summed E-state index contributed by atoms with van der Waals surface area (Å²) in [5.41, 5.74) is 2.95. The van der Waals surface area contributed by atoms with E-state index in [0.29, 0.717) is 17.2 Å². The molecule has 3 aromatic rings. The third-order valence-corrected chi connectivity index (χ3v) is 6.73. The van der Waals surface area contributed by atoms with Crippen LogP contribution < -0.4 is 10.9 Å². The average Bonchev–Trinajstić information content (AvgIpc) is 3.34. The maximum Gasteiger partial charge on any atom is 0.275 e. The Balaban J connectivity index is 0.00000231. The van der Waals surface area contributed by atoms with Crippen LogP contribution in [0.2, 0.25) is 0 Å². The van der Waals surface area contributed by atoms with Crippen molar-refractivity contribution in [2.24, 2.45) is 11.8 Å². The standard InChI is InChI=1S/C24H26N4O2.ClH/c1-15-7-3-4-8-18(15)23-21-12-25-11-17(21)13-27(23)22(29)14-28-24(30)20-10-6-5-9-19(20)16(2)26-28;/h3-10,17,21,23,25H,11-14H2,1-2H3;1H/t17-,21-,23+;/m0./s1. The maximum atomic E-state index is 13.4. The molecule has 3 atom stereocenters. The number of likely N-dealkylation sites (tertiary alicyclic amines) is 1. The molecule has 2 fully saturated rings. The van der Waals surface area contributed by atoms with E-state index in [2.05, 4.69) is 29.5 Å². The normalized spacial score (nSPS) is 22.4. The van der Waals surface area contributed by atoms with Gasteiger partial charge in [-0.05, 0) is 37.0 Å². The summed E-state index contributed by atoms with van der Waals surface area (Å²) in [6, 6.07) is 15.8. The molecule has 1 amide bonds. The van der Waals surface area contributed by atoms with E-state index in [9.17, 15) is 9.59 Å². The summed E-state index contributed by atoms with van der Waals surface area (Å²) in [6.45, 7) is 6.53. The Kier molecular flexibility index (Phi) is 5.86. The lowest BCUT2D eigenvalue weighted by Crippen LogP contribution is -2.39. The van der Waals surface area contributed by atoms with Crippen LogP contribution in [0.5, 0.6) is 0 Å². The topological polar surface area (TPSA) is 67.2 Å². The van der Waals surface area contributed by atoms with Gasteiger partial charge >= 0.3 is 0 Å². The second-order valence-electron chi connectivity index (χ2n) is 8.52. The molecular formula is C24H27ClN4O2. The number of nitrogens with zero attached hydrogens (tertiary/aromatic N) is 3. The average molecular weight is 439 g/mol. The monoisotopic (exact) mass is 438 g/mol. The van der Waals surface area contributed by atoms with Gasteiger partial charge in [0.25, 0.3) is 5.56 Å². The lowest BCUT2D eigenvalue weighted by molar-refractivity contribution is -0.133. The first-order valence-corrected chi connectivity index (χ1v) is 10.6. The van der Waals surface area contributed by atoms with Crippen LogP contribution >= 0.6 is 12.4 Å². The second kappa shape index (κ2) is 8.44. The van der Waals surface area contributed by atoms with Gasteiger partial charge in [0.15, 0.2) is 0 Å². The summed E-state index contributed by atoms with van der Waals surface area (Å²) in [5.74, 6) is 0.807. The summed E-state index contributed by atoms with van der Waals surface area (Å²) >= 11 is 0. The number of amides is 1. The predicted molar refractivity (Wildman–Crippen MR) is 123 cm³/mol. The van der Waals surface area contributed by atoms with Gasteiger partial charge in [-0.15, -0.1) is 12.4 Å². The lowest BCUT2D eigenvalue weighted by Gasteiger charge is -2.29. The summed E-state index contributed by atoms with van der Waals surface area (Å²) in [5, 5.41) is 9.37. The highest BCUT2D eigenvalue weighted by molar-refractivity contribution is 5.85. The minimum Gasteiger partial charge on any atom is -0.333 e. The van der Waals surface area contributed by atoms with Crippen LogP contribution in [-0.4, -0.2) is 40.2 Å². The molecule has 162 valence electrons. The zero-order valence-electron chi connectivity index (χ0n) is 17.7. The number of hydrogen-bond donors (Lipinski definition) is 1. The van der Waals surface area contributed by atoms with Gasteiger partial charge in [0.05, 0.1) is 17.1 Å². The minimum absolute atomic E-state index is 0. The van der Waals surface area contributed by atoms with Crippen LogP contribution in [0.25, 0.3) is 10.8 Å². The van der Waals surface area contributed by atoms with Gasteiger partial charge < -0.3 is 10.2 Å². The number of hydrogen-bond acceptors (Lipinski definition) is 4. The van der Waals surface area contributed by atoms with Gasteiger partial charge in [-0.25, -0.2) is 4.68 Å². The van der Waals surface area contributed by atoms with Gasteiger partial charge in [-0.3, -0.25) is 9.59 Å². The quantitative estimate of drug-likeness (QED) is 0.682. The van der Waals surface area contributed by atoms with E-state index in [1.165, 1.54) is 15.8 Å². The number of carbonyl (C=O) groups excluding carboxylic acids is 1. The van der Waals surface area contributed by atoms with Crippen LogP contribution in [0.4, 0.5) is 0 Å². The molecule has 0 unspecified atom stereocenters. The first kappa shape index (κ1) is 21.5. The van der Waals surface area contributed by atoms with Crippen LogP contribution in [-0.2, 0) is 11.3 Å². The van der Waals surface area contributed by atoms with Crippen molar-refractivity contribution in [2.45, 2.75) is 26.4 Å². The molecule has 3 heterocycles. The third kappa shape index (κ3) is 3.64. The minimum atomic E-state index is -0.210. The fraction of sp³-hybridized carbons (Fsp3) is 0.375. The number of benzene rings is 2. The lowest BCUT2D eigenvalue weighted by atomic mass is 9.87. The first-order chi connectivity index (χ1) is 14.5. The van der Waals surface area contributed by atoms with Crippen LogP contribution in [0.15, 0.2) is 53.3 Å². The Labute approximate surface area is 187 Å². The molecule has 1 N–H and O–H groups in total. The zero-order valence-corrected chi connectivity index (χ0v) is 18.6. The number of aromatic nitrogens is 2. The molecular weight excluding hydrogens is 412 g/mol. The fourth-order valence-electron chi connectivity index (χ4n) is 5.22. The third-order valence-electron chi connectivity index (χ3n) is 6.73. The Morgan fingerprint density at radius 2 is 1.77 bits per heavy atom. The molecule has 0 saturated carbocycles. The van der Waals surface area contributed by atoms with Gasteiger partial charge in [0.2, 0.25) is 5.91 Å². The zero-order chi connectivity index (χ0) is 20.8. The van der Waals surface area contributed by atoms with Gasteiger partial charge in [0, 0.05) is 30.9 Å². The van der Waals surface area contributed by atoms with E-state index in [0.717, 1.165) is 30.7 Å². The number of carbonyl (C=O) groups is 1. The molecule has 0 aliphatic carbocycles. The molecule has 2 aliphatic heterocycles. The van der Waals surface area contributed by atoms with Crippen molar-refractivity contribution >= 4 is 29.1 Å². The highest BCUT2D eigenvalue weighted by Crippen LogP contribution is 2.43. The molecule has 7 heteroatoms. The molecule has 0 spiro atoms. The highest BCUT2D eigenvalue weighted by Gasteiger charge is 2.47. The Hall–Kier alpha value is -2.70. The molecule has 31 heavy (non-hydrogen) atoms. The summed E-state index contributed by atoms with van der Waals surface area (Å²) in [7, 11) is 0. The molecule has 2 aliphatic rings. The Bertz CT molecular complexity index is 1190. The van der Waals surface area contributed by atoms with Crippen LogP contribution in [0, 0.1) is 25.7 Å². The number of rotatable bonds is 3. The van der Waals surface area contributed by atoms with E-state index < -0.39 is 0 Å². The number of aryl methyl sites for hydroxylation is 2. The summed E-state index contributed by atoms with van der Waals surface area (Å²) in [4.78, 5) is 28.4. The van der Waals surface area contributed by atoms with Crippen molar-refractivity contribution < 1.29 is 4.79 Å².